The lowest BCUT2D eigenvalue weighted by Crippen LogP contribution is -1.96. The van der Waals surface area contributed by atoms with Gasteiger partial charge in [-0.2, -0.15) is 0 Å². The third kappa shape index (κ3) is 8.44. The lowest BCUT2D eigenvalue weighted by molar-refractivity contribution is 0.153. The molecule has 0 saturated heterocycles. The van der Waals surface area contributed by atoms with Gasteiger partial charge < -0.3 is 4.89 Å². The molecule has 5 heteroatoms. The number of unbranched alkanes of at least 4 members (excludes halogenated alkanes) is 3. The van der Waals surface area contributed by atoms with Gasteiger partial charge in [-0.25, -0.2) is 4.57 Å². The minimum Gasteiger partial charge on any atom is -0.302 e. The first-order valence-electron chi connectivity index (χ1n) is 4.74. The molecule has 0 aromatic carbocycles. The maximum absolute atomic E-state index is 11.0. The topological polar surface area (TPSA) is 55.8 Å². The van der Waals surface area contributed by atoms with Gasteiger partial charge in [-0.15, -0.1) is 0 Å². The van der Waals surface area contributed by atoms with Gasteiger partial charge in [0.25, 0.3) is 0 Å². The number of phosphoric acid groups is 1. The van der Waals surface area contributed by atoms with Gasteiger partial charge in [0.1, 0.15) is 0 Å². The van der Waals surface area contributed by atoms with E-state index in [1.165, 1.54) is 0 Å². The molecule has 0 heterocycles. The summed E-state index contributed by atoms with van der Waals surface area (Å²) in [6.45, 7) is 4.26. The van der Waals surface area contributed by atoms with Crippen molar-refractivity contribution in [3.05, 3.63) is 0 Å². The SMILES string of the molecule is CCCCCCOP(=O)(O)OCC. The van der Waals surface area contributed by atoms with Gasteiger partial charge in [-0.1, -0.05) is 26.2 Å². The maximum atomic E-state index is 11.0. The second kappa shape index (κ2) is 7.51. The fourth-order valence-corrected chi connectivity index (χ4v) is 1.67. The van der Waals surface area contributed by atoms with E-state index in [1.807, 2.05) is 0 Å². The van der Waals surface area contributed by atoms with Gasteiger partial charge in [0.2, 0.25) is 0 Å². The molecule has 0 aliphatic rings. The Balaban J connectivity index is 3.35. The molecule has 0 aromatic heterocycles. The first-order valence-corrected chi connectivity index (χ1v) is 6.23. The molecule has 0 aromatic rings. The van der Waals surface area contributed by atoms with Gasteiger partial charge in [-0.3, -0.25) is 9.05 Å². The first-order chi connectivity index (χ1) is 6.12. The Morgan fingerprint density at radius 1 is 1.15 bits per heavy atom. The summed E-state index contributed by atoms with van der Waals surface area (Å²) in [4.78, 5) is 8.98. The van der Waals surface area contributed by atoms with Gasteiger partial charge in [0.15, 0.2) is 0 Å². The van der Waals surface area contributed by atoms with Crippen LogP contribution >= 0.6 is 7.82 Å². The normalized spacial score (nSPS) is 15.6. The van der Waals surface area contributed by atoms with Crippen LogP contribution in [0.1, 0.15) is 39.5 Å². The minimum atomic E-state index is -3.74. The van der Waals surface area contributed by atoms with Crippen LogP contribution in [-0.4, -0.2) is 18.1 Å². The Bertz CT molecular complexity index is 160. The largest absolute Gasteiger partial charge is 0.472 e. The maximum Gasteiger partial charge on any atom is 0.472 e. The summed E-state index contributed by atoms with van der Waals surface area (Å²) in [6, 6.07) is 0. The average molecular weight is 210 g/mol. The third-order valence-electron chi connectivity index (χ3n) is 1.54. The molecule has 0 rings (SSSR count). The van der Waals surface area contributed by atoms with Crippen LogP contribution < -0.4 is 0 Å². The van der Waals surface area contributed by atoms with E-state index in [9.17, 15) is 4.57 Å². The van der Waals surface area contributed by atoms with E-state index < -0.39 is 7.82 Å². The van der Waals surface area contributed by atoms with Crippen LogP contribution in [0.3, 0.4) is 0 Å². The van der Waals surface area contributed by atoms with E-state index in [0.29, 0.717) is 6.61 Å². The molecule has 0 spiro atoms. The highest BCUT2D eigenvalue weighted by atomic mass is 31.2. The molecule has 13 heavy (non-hydrogen) atoms. The molecule has 0 saturated carbocycles. The lowest BCUT2D eigenvalue weighted by Gasteiger charge is -2.09. The van der Waals surface area contributed by atoms with E-state index in [1.54, 1.807) is 6.92 Å². The number of rotatable bonds is 8. The number of hydrogen-bond acceptors (Lipinski definition) is 3. The van der Waals surface area contributed by atoms with Crippen molar-refractivity contribution in [2.75, 3.05) is 13.2 Å². The summed E-state index contributed by atoms with van der Waals surface area (Å²) in [5, 5.41) is 0. The highest BCUT2D eigenvalue weighted by Crippen LogP contribution is 2.42. The molecule has 1 N–H and O–H groups in total. The highest BCUT2D eigenvalue weighted by molar-refractivity contribution is 7.47. The van der Waals surface area contributed by atoms with Crippen LogP contribution in [0, 0.1) is 0 Å². The van der Waals surface area contributed by atoms with Crippen LogP contribution in [0.15, 0.2) is 0 Å². The number of hydrogen-bond donors (Lipinski definition) is 1. The van der Waals surface area contributed by atoms with Crippen molar-refractivity contribution in [1.82, 2.24) is 0 Å². The van der Waals surface area contributed by atoms with E-state index in [0.717, 1.165) is 25.7 Å². The summed E-state index contributed by atoms with van der Waals surface area (Å²) < 4.78 is 20.2. The van der Waals surface area contributed by atoms with Gasteiger partial charge in [0, 0.05) is 0 Å². The van der Waals surface area contributed by atoms with Gasteiger partial charge >= 0.3 is 7.82 Å². The molecule has 0 aliphatic carbocycles. The molecule has 0 fully saturated rings. The van der Waals surface area contributed by atoms with Crippen molar-refractivity contribution < 1.29 is 18.5 Å². The average Bonchev–Trinajstić information content (AvgIpc) is 2.04. The zero-order valence-electron chi connectivity index (χ0n) is 8.36. The molecule has 0 radical (unpaired) electrons. The molecule has 0 aliphatic heterocycles. The Morgan fingerprint density at radius 2 is 1.85 bits per heavy atom. The molecular formula is C8H19O4P. The van der Waals surface area contributed by atoms with Crippen molar-refractivity contribution in [1.29, 1.82) is 0 Å². The molecule has 80 valence electrons. The van der Waals surface area contributed by atoms with Crippen molar-refractivity contribution in [3.63, 3.8) is 0 Å². The third-order valence-corrected chi connectivity index (χ3v) is 2.64. The monoisotopic (exact) mass is 210 g/mol. The first kappa shape index (κ1) is 13.1. The quantitative estimate of drug-likeness (QED) is 0.494. The van der Waals surface area contributed by atoms with Crippen LogP contribution in [0.4, 0.5) is 0 Å². The highest BCUT2D eigenvalue weighted by Gasteiger charge is 2.18. The Morgan fingerprint density at radius 3 is 2.38 bits per heavy atom. The van der Waals surface area contributed by atoms with E-state index in [2.05, 4.69) is 11.4 Å². The summed E-state index contributed by atoms with van der Waals surface area (Å²) in [5.74, 6) is 0. The summed E-state index contributed by atoms with van der Waals surface area (Å²) in [6.07, 6.45) is 4.12. The molecular weight excluding hydrogens is 191 g/mol. The summed E-state index contributed by atoms with van der Waals surface area (Å²) >= 11 is 0. The standard InChI is InChI=1S/C8H19O4P/c1-3-5-6-7-8-12-13(9,10)11-4-2/h3-8H2,1-2H3,(H,9,10). The summed E-state index contributed by atoms with van der Waals surface area (Å²) in [7, 11) is -3.74. The van der Waals surface area contributed by atoms with E-state index in [4.69, 9.17) is 9.42 Å². The van der Waals surface area contributed by atoms with Crippen molar-refractivity contribution in [2.24, 2.45) is 0 Å². The van der Waals surface area contributed by atoms with Crippen molar-refractivity contribution in [2.45, 2.75) is 39.5 Å². The second-order valence-electron chi connectivity index (χ2n) is 2.78. The minimum absolute atomic E-state index is 0.197. The Labute approximate surface area is 79.9 Å². The van der Waals surface area contributed by atoms with Gasteiger partial charge in [0.05, 0.1) is 13.2 Å². The fourth-order valence-electron chi connectivity index (χ4n) is 0.909. The lowest BCUT2D eigenvalue weighted by atomic mass is 10.2. The predicted molar refractivity (Wildman–Crippen MR) is 51.5 cm³/mol. The Kier molecular flexibility index (Phi) is 7.57. The van der Waals surface area contributed by atoms with Crippen LogP contribution in [0.5, 0.6) is 0 Å². The second-order valence-corrected chi connectivity index (χ2v) is 4.23. The zero-order valence-corrected chi connectivity index (χ0v) is 9.26. The molecule has 0 bridgehead atoms. The molecule has 1 unspecified atom stereocenters. The summed E-state index contributed by atoms with van der Waals surface area (Å²) in [5.41, 5.74) is 0. The molecule has 1 atom stereocenters. The van der Waals surface area contributed by atoms with Crippen LogP contribution in [0.2, 0.25) is 0 Å². The zero-order chi connectivity index (χ0) is 10.2. The van der Waals surface area contributed by atoms with Crippen LogP contribution in [0.25, 0.3) is 0 Å². The van der Waals surface area contributed by atoms with Crippen molar-refractivity contribution in [3.8, 4) is 0 Å². The van der Waals surface area contributed by atoms with E-state index >= 15 is 0 Å². The smallest absolute Gasteiger partial charge is 0.302 e. The van der Waals surface area contributed by atoms with Crippen molar-refractivity contribution >= 4 is 7.82 Å². The fraction of sp³-hybridized carbons (Fsp3) is 1.00. The predicted octanol–water partition coefficient (Wildman–Crippen LogP) is 2.72. The molecule has 4 nitrogen and oxygen atoms in total. The van der Waals surface area contributed by atoms with Gasteiger partial charge in [-0.05, 0) is 13.3 Å². The number of phosphoric ester groups is 1. The van der Waals surface area contributed by atoms with E-state index in [-0.39, 0.29) is 6.61 Å². The molecule has 0 amide bonds. The van der Waals surface area contributed by atoms with Crippen LogP contribution in [-0.2, 0) is 13.6 Å². The Hall–Kier alpha value is 0.110.